The molecule has 2 aromatic carbocycles. The molecule has 0 fully saturated rings. The van der Waals surface area contributed by atoms with Crippen LogP contribution in [-0.4, -0.2) is 25.7 Å². The zero-order chi connectivity index (χ0) is 18.6. The fourth-order valence-electron chi connectivity index (χ4n) is 2.68. The minimum atomic E-state index is -0.334. The van der Waals surface area contributed by atoms with Crippen molar-refractivity contribution >= 4 is 11.7 Å². The molecular weight excluding hydrogens is 338 g/mol. The van der Waals surface area contributed by atoms with Crippen LogP contribution in [0.1, 0.15) is 16.2 Å². The first-order chi connectivity index (χ1) is 13.2. The van der Waals surface area contributed by atoms with E-state index in [-0.39, 0.29) is 11.6 Å². The molecule has 0 aliphatic heterocycles. The molecular formula is C21H17N5O. The second-order valence-electron chi connectivity index (χ2n) is 6.03. The van der Waals surface area contributed by atoms with E-state index in [1.54, 1.807) is 10.9 Å². The van der Waals surface area contributed by atoms with Gasteiger partial charge in [-0.3, -0.25) is 9.78 Å². The van der Waals surface area contributed by atoms with Crippen LogP contribution in [0.3, 0.4) is 0 Å². The Morgan fingerprint density at radius 2 is 1.63 bits per heavy atom. The molecule has 0 aliphatic rings. The molecule has 0 aliphatic carbocycles. The Hall–Kier alpha value is -3.80. The Kier molecular flexibility index (Phi) is 4.45. The van der Waals surface area contributed by atoms with Gasteiger partial charge in [-0.25, -0.2) is 9.67 Å². The highest BCUT2D eigenvalue weighted by Crippen LogP contribution is 2.25. The maximum atomic E-state index is 12.6. The number of anilines is 1. The van der Waals surface area contributed by atoms with E-state index in [0.29, 0.717) is 5.82 Å². The second-order valence-corrected chi connectivity index (χ2v) is 6.03. The maximum Gasteiger partial charge on any atom is 0.277 e. The minimum Gasteiger partial charge on any atom is -0.305 e. The quantitative estimate of drug-likeness (QED) is 0.603. The van der Waals surface area contributed by atoms with Crippen molar-refractivity contribution in [1.82, 2.24) is 19.7 Å². The molecule has 1 N–H and O–H groups in total. The molecule has 27 heavy (non-hydrogen) atoms. The van der Waals surface area contributed by atoms with Gasteiger partial charge < -0.3 is 5.32 Å². The van der Waals surface area contributed by atoms with Gasteiger partial charge in [-0.15, -0.1) is 0 Å². The standard InChI is InChI=1S/C21H17N5O/c1-15-13-23-19(14-22-15)21(27)24-20-12-18(16-8-4-2-5-9-16)25-26(20)17-10-6-3-7-11-17/h2-14H,1H3,(H,24,27). The molecule has 2 heterocycles. The van der Waals surface area contributed by atoms with E-state index >= 15 is 0 Å². The predicted octanol–water partition coefficient (Wildman–Crippen LogP) is 3.89. The smallest absolute Gasteiger partial charge is 0.277 e. The summed E-state index contributed by atoms with van der Waals surface area (Å²) >= 11 is 0. The monoisotopic (exact) mass is 355 g/mol. The summed E-state index contributed by atoms with van der Waals surface area (Å²) in [4.78, 5) is 20.9. The number of aryl methyl sites for hydroxylation is 1. The van der Waals surface area contributed by atoms with Gasteiger partial charge in [-0.2, -0.15) is 5.10 Å². The van der Waals surface area contributed by atoms with Crippen molar-refractivity contribution in [1.29, 1.82) is 0 Å². The van der Waals surface area contributed by atoms with Crippen molar-refractivity contribution in [2.45, 2.75) is 6.92 Å². The summed E-state index contributed by atoms with van der Waals surface area (Å²) in [6, 6.07) is 21.3. The SMILES string of the molecule is Cc1cnc(C(=O)Nc2cc(-c3ccccc3)nn2-c2ccccc2)cn1. The second kappa shape index (κ2) is 7.21. The lowest BCUT2D eigenvalue weighted by atomic mass is 10.1. The Bertz CT molecular complexity index is 1060. The molecule has 0 saturated heterocycles. The minimum absolute atomic E-state index is 0.252. The summed E-state index contributed by atoms with van der Waals surface area (Å²) in [5.74, 6) is 0.228. The number of carbonyl (C=O) groups excluding carboxylic acids is 1. The van der Waals surface area contributed by atoms with Crippen LogP contribution in [0, 0.1) is 6.92 Å². The molecule has 4 aromatic rings. The van der Waals surface area contributed by atoms with Gasteiger partial charge in [0.05, 0.1) is 23.3 Å². The van der Waals surface area contributed by atoms with Gasteiger partial charge in [-0.1, -0.05) is 48.5 Å². The van der Waals surface area contributed by atoms with Crippen LogP contribution in [0.4, 0.5) is 5.82 Å². The van der Waals surface area contributed by atoms with Crippen molar-refractivity contribution in [2.24, 2.45) is 0 Å². The predicted molar refractivity (Wildman–Crippen MR) is 104 cm³/mol. The normalized spacial score (nSPS) is 10.6. The van der Waals surface area contributed by atoms with Crippen molar-refractivity contribution in [3.8, 4) is 16.9 Å². The number of rotatable bonds is 4. The van der Waals surface area contributed by atoms with Crippen LogP contribution in [0.15, 0.2) is 79.1 Å². The Labute approximate surface area is 156 Å². The molecule has 1 amide bonds. The van der Waals surface area contributed by atoms with E-state index < -0.39 is 0 Å². The Morgan fingerprint density at radius 1 is 0.926 bits per heavy atom. The zero-order valence-electron chi connectivity index (χ0n) is 14.7. The highest BCUT2D eigenvalue weighted by atomic mass is 16.2. The molecule has 4 rings (SSSR count). The highest BCUT2D eigenvalue weighted by Gasteiger charge is 2.15. The largest absolute Gasteiger partial charge is 0.305 e. The molecule has 2 aromatic heterocycles. The number of amides is 1. The van der Waals surface area contributed by atoms with Crippen LogP contribution >= 0.6 is 0 Å². The van der Waals surface area contributed by atoms with Crippen LogP contribution in [-0.2, 0) is 0 Å². The lowest BCUT2D eigenvalue weighted by Crippen LogP contribution is -2.16. The van der Waals surface area contributed by atoms with Gasteiger partial charge in [0.1, 0.15) is 11.5 Å². The number of carbonyl (C=O) groups is 1. The molecule has 0 saturated carbocycles. The topological polar surface area (TPSA) is 72.7 Å². The first kappa shape index (κ1) is 16.7. The fraction of sp³-hybridized carbons (Fsp3) is 0.0476. The zero-order valence-corrected chi connectivity index (χ0v) is 14.7. The van der Waals surface area contributed by atoms with E-state index in [9.17, 15) is 4.79 Å². The number of nitrogens with one attached hydrogen (secondary N) is 1. The van der Waals surface area contributed by atoms with E-state index in [2.05, 4.69) is 20.4 Å². The lowest BCUT2D eigenvalue weighted by Gasteiger charge is -2.08. The summed E-state index contributed by atoms with van der Waals surface area (Å²) in [7, 11) is 0. The highest BCUT2D eigenvalue weighted by molar-refractivity contribution is 6.02. The summed E-state index contributed by atoms with van der Waals surface area (Å²) in [6.45, 7) is 1.82. The number of aromatic nitrogens is 4. The van der Waals surface area contributed by atoms with Crippen LogP contribution in [0.5, 0.6) is 0 Å². The number of para-hydroxylation sites is 1. The third kappa shape index (κ3) is 3.59. The third-order valence-electron chi connectivity index (χ3n) is 4.03. The fourth-order valence-corrected chi connectivity index (χ4v) is 2.68. The lowest BCUT2D eigenvalue weighted by molar-refractivity contribution is 0.102. The van der Waals surface area contributed by atoms with Crippen LogP contribution in [0.2, 0.25) is 0 Å². The molecule has 0 bridgehead atoms. The Balaban J connectivity index is 1.73. The molecule has 132 valence electrons. The van der Waals surface area contributed by atoms with Gasteiger partial charge in [-0.05, 0) is 19.1 Å². The summed E-state index contributed by atoms with van der Waals surface area (Å²) in [5, 5.41) is 7.57. The summed E-state index contributed by atoms with van der Waals surface area (Å²) in [5.41, 5.74) is 3.60. The van der Waals surface area contributed by atoms with E-state index in [0.717, 1.165) is 22.6 Å². The molecule has 0 spiro atoms. The van der Waals surface area contributed by atoms with E-state index in [4.69, 9.17) is 0 Å². The maximum absolute atomic E-state index is 12.6. The molecule has 6 heteroatoms. The van der Waals surface area contributed by atoms with Crippen molar-refractivity contribution < 1.29 is 4.79 Å². The summed E-state index contributed by atoms with van der Waals surface area (Å²) in [6.07, 6.45) is 3.03. The average Bonchev–Trinajstić information content (AvgIpc) is 3.13. The van der Waals surface area contributed by atoms with Crippen molar-refractivity contribution in [3.63, 3.8) is 0 Å². The first-order valence-electron chi connectivity index (χ1n) is 8.51. The van der Waals surface area contributed by atoms with Crippen LogP contribution < -0.4 is 5.32 Å². The third-order valence-corrected chi connectivity index (χ3v) is 4.03. The van der Waals surface area contributed by atoms with Gasteiger partial charge >= 0.3 is 0 Å². The van der Waals surface area contributed by atoms with E-state index in [1.807, 2.05) is 73.7 Å². The van der Waals surface area contributed by atoms with Gasteiger partial charge in [0.2, 0.25) is 0 Å². The van der Waals surface area contributed by atoms with Crippen LogP contribution in [0.25, 0.3) is 16.9 Å². The average molecular weight is 355 g/mol. The van der Waals surface area contributed by atoms with Gasteiger partial charge in [0.15, 0.2) is 0 Å². The van der Waals surface area contributed by atoms with Crippen molar-refractivity contribution in [3.05, 3.63) is 90.5 Å². The summed E-state index contributed by atoms with van der Waals surface area (Å²) < 4.78 is 1.71. The first-order valence-corrected chi connectivity index (χ1v) is 8.51. The Morgan fingerprint density at radius 3 is 2.30 bits per heavy atom. The van der Waals surface area contributed by atoms with Gasteiger partial charge in [0.25, 0.3) is 5.91 Å². The molecule has 0 radical (unpaired) electrons. The van der Waals surface area contributed by atoms with Crippen molar-refractivity contribution in [2.75, 3.05) is 5.32 Å². The number of benzene rings is 2. The molecule has 0 unspecified atom stereocenters. The number of hydrogen-bond acceptors (Lipinski definition) is 4. The van der Waals surface area contributed by atoms with E-state index in [1.165, 1.54) is 6.20 Å². The van der Waals surface area contributed by atoms with Gasteiger partial charge in [0, 0.05) is 17.8 Å². The number of hydrogen-bond donors (Lipinski definition) is 1. The number of nitrogens with zero attached hydrogens (tertiary/aromatic N) is 4. The molecule has 0 atom stereocenters. The molecule has 6 nitrogen and oxygen atoms in total.